The SMILES string of the molecule is CCc1nc(NC2CCCCCC2CO)c2ccsc2n1. The van der Waals surface area contributed by atoms with Gasteiger partial charge in [-0.2, -0.15) is 0 Å². The number of rotatable bonds is 4. The minimum atomic E-state index is 0.260. The second kappa shape index (κ2) is 6.71. The third-order valence-electron chi connectivity index (χ3n) is 4.40. The fraction of sp³-hybridized carbons (Fsp3) is 0.625. The van der Waals surface area contributed by atoms with Gasteiger partial charge < -0.3 is 10.4 Å². The summed E-state index contributed by atoms with van der Waals surface area (Å²) in [6.07, 6.45) is 6.78. The highest BCUT2D eigenvalue weighted by atomic mass is 32.1. The lowest BCUT2D eigenvalue weighted by Crippen LogP contribution is -2.31. The van der Waals surface area contributed by atoms with Crippen LogP contribution in [0, 0.1) is 5.92 Å². The zero-order valence-electron chi connectivity index (χ0n) is 12.5. The number of fused-ring (bicyclic) bond motifs is 1. The second-order valence-electron chi connectivity index (χ2n) is 5.81. The molecule has 0 bridgehead atoms. The lowest BCUT2D eigenvalue weighted by Gasteiger charge is -2.25. The van der Waals surface area contributed by atoms with Gasteiger partial charge in [0.2, 0.25) is 0 Å². The molecule has 2 heterocycles. The Morgan fingerprint density at radius 2 is 2.14 bits per heavy atom. The maximum absolute atomic E-state index is 9.67. The Morgan fingerprint density at radius 1 is 1.29 bits per heavy atom. The van der Waals surface area contributed by atoms with Crippen LogP contribution in [0.1, 0.15) is 44.9 Å². The second-order valence-corrected chi connectivity index (χ2v) is 6.71. The Labute approximate surface area is 129 Å². The summed E-state index contributed by atoms with van der Waals surface area (Å²) in [5, 5.41) is 16.5. The lowest BCUT2D eigenvalue weighted by molar-refractivity contribution is 0.203. The molecule has 4 nitrogen and oxygen atoms in total. The number of aliphatic hydroxyl groups excluding tert-OH is 1. The highest BCUT2D eigenvalue weighted by Gasteiger charge is 2.24. The average Bonchev–Trinajstić information content (AvgIpc) is 2.87. The number of aliphatic hydroxyl groups is 1. The highest BCUT2D eigenvalue weighted by Crippen LogP contribution is 2.30. The normalized spacial score (nSPS) is 23.1. The maximum Gasteiger partial charge on any atom is 0.138 e. The van der Waals surface area contributed by atoms with Gasteiger partial charge in [-0.05, 0) is 24.3 Å². The van der Waals surface area contributed by atoms with Gasteiger partial charge >= 0.3 is 0 Å². The number of anilines is 1. The first-order chi connectivity index (χ1) is 10.3. The van der Waals surface area contributed by atoms with Crippen LogP contribution in [0.2, 0.25) is 0 Å². The summed E-state index contributed by atoms with van der Waals surface area (Å²) < 4.78 is 0. The van der Waals surface area contributed by atoms with Crippen molar-refractivity contribution < 1.29 is 5.11 Å². The smallest absolute Gasteiger partial charge is 0.138 e. The number of nitrogens with zero attached hydrogens (tertiary/aromatic N) is 2. The fourth-order valence-electron chi connectivity index (χ4n) is 3.14. The third-order valence-corrected chi connectivity index (χ3v) is 5.21. The van der Waals surface area contributed by atoms with E-state index in [0.29, 0.717) is 12.0 Å². The molecule has 2 atom stereocenters. The number of hydrogen-bond acceptors (Lipinski definition) is 5. The van der Waals surface area contributed by atoms with E-state index in [4.69, 9.17) is 0 Å². The molecule has 114 valence electrons. The van der Waals surface area contributed by atoms with E-state index in [1.807, 2.05) is 0 Å². The summed E-state index contributed by atoms with van der Waals surface area (Å²) in [6.45, 7) is 2.34. The van der Waals surface area contributed by atoms with Gasteiger partial charge in [0, 0.05) is 25.0 Å². The topological polar surface area (TPSA) is 58.0 Å². The number of hydrogen-bond donors (Lipinski definition) is 2. The van der Waals surface area contributed by atoms with Crippen LogP contribution in [0.15, 0.2) is 11.4 Å². The number of nitrogens with one attached hydrogen (secondary N) is 1. The molecule has 0 aromatic carbocycles. The van der Waals surface area contributed by atoms with E-state index in [9.17, 15) is 5.11 Å². The maximum atomic E-state index is 9.67. The van der Waals surface area contributed by atoms with E-state index in [1.165, 1.54) is 19.3 Å². The Kier molecular flexibility index (Phi) is 4.70. The molecule has 0 radical (unpaired) electrons. The van der Waals surface area contributed by atoms with Crippen LogP contribution in [0.4, 0.5) is 5.82 Å². The van der Waals surface area contributed by atoms with Crippen LogP contribution in [0.5, 0.6) is 0 Å². The van der Waals surface area contributed by atoms with E-state index >= 15 is 0 Å². The van der Waals surface area contributed by atoms with Gasteiger partial charge in [-0.25, -0.2) is 9.97 Å². The lowest BCUT2D eigenvalue weighted by atomic mass is 9.95. The van der Waals surface area contributed by atoms with Gasteiger partial charge in [-0.15, -0.1) is 11.3 Å². The number of thiophene rings is 1. The summed E-state index contributed by atoms with van der Waals surface area (Å²) in [4.78, 5) is 10.3. The van der Waals surface area contributed by atoms with Crippen molar-refractivity contribution in [1.82, 2.24) is 9.97 Å². The molecule has 0 amide bonds. The van der Waals surface area contributed by atoms with Crippen molar-refractivity contribution in [1.29, 1.82) is 0 Å². The Balaban J connectivity index is 1.90. The van der Waals surface area contributed by atoms with Gasteiger partial charge in [-0.3, -0.25) is 0 Å². The predicted molar refractivity (Wildman–Crippen MR) is 87.9 cm³/mol. The molecule has 0 saturated heterocycles. The number of aromatic nitrogens is 2. The summed E-state index contributed by atoms with van der Waals surface area (Å²) in [7, 11) is 0. The largest absolute Gasteiger partial charge is 0.396 e. The summed E-state index contributed by atoms with van der Waals surface area (Å²) in [5.41, 5.74) is 0. The van der Waals surface area contributed by atoms with Crippen LogP contribution in [0.25, 0.3) is 10.2 Å². The van der Waals surface area contributed by atoms with Gasteiger partial charge in [-0.1, -0.05) is 26.2 Å². The molecule has 3 rings (SSSR count). The molecule has 0 aliphatic heterocycles. The Bertz CT molecular complexity index is 598. The van der Waals surface area contributed by atoms with Crippen LogP contribution >= 0.6 is 11.3 Å². The van der Waals surface area contributed by atoms with E-state index in [0.717, 1.165) is 41.1 Å². The first kappa shape index (κ1) is 14.7. The van der Waals surface area contributed by atoms with Gasteiger partial charge in [0.25, 0.3) is 0 Å². The van der Waals surface area contributed by atoms with Crippen molar-refractivity contribution >= 4 is 27.4 Å². The van der Waals surface area contributed by atoms with Crippen molar-refractivity contribution in [2.75, 3.05) is 11.9 Å². The summed E-state index contributed by atoms with van der Waals surface area (Å²) in [6, 6.07) is 2.41. The zero-order chi connectivity index (χ0) is 14.7. The summed E-state index contributed by atoms with van der Waals surface area (Å²) >= 11 is 1.66. The number of aryl methyl sites for hydroxylation is 1. The van der Waals surface area contributed by atoms with Crippen LogP contribution < -0.4 is 5.32 Å². The molecule has 1 aliphatic rings. The van der Waals surface area contributed by atoms with Crippen LogP contribution in [0.3, 0.4) is 0 Å². The van der Waals surface area contributed by atoms with Gasteiger partial charge in [0.05, 0.1) is 5.39 Å². The molecule has 2 N–H and O–H groups in total. The molecular formula is C16H23N3OS. The van der Waals surface area contributed by atoms with Crippen molar-refractivity contribution in [3.05, 3.63) is 17.3 Å². The Morgan fingerprint density at radius 3 is 2.95 bits per heavy atom. The minimum absolute atomic E-state index is 0.260. The van der Waals surface area contributed by atoms with Gasteiger partial charge in [0.1, 0.15) is 16.5 Å². The van der Waals surface area contributed by atoms with E-state index in [2.05, 4.69) is 33.7 Å². The highest BCUT2D eigenvalue weighted by molar-refractivity contribution is 7.16. The van der Waals surface area contributed by atoms with E-state index in [1.54, 1.807) is 11.3 Å². The van der Waals surface area contributed by atoms with Crippen LogP contribution in [-0.2, 0) is 6.42 Å². The Hall–Kier alpha value is -1.20. The van der Waals surface area contributed by atoms with Crippen molar-refractivity contribution in [2.24, 2.45) is 5.92 Å². The van der Waals surface area contributed by atoms with Crippen LogP contribution in [-0.4, -0.2) is 27.7 Å². The summed E-state index contributed by atoms with van der Waals surface area (Å²) in [5.74, 6) is 2.17. The third kappa shape index (κ3) is 3.19. The van der Waals surface area contributed by atoms with E-state index in [-0.39, 0.29) is 6.61 Å². The molecule has 2 unspecified atom stereocenters. The predicted octanol–water partition coefficient (Wildman–Crippen LogP) is 3.61. The molecule has 0 spiro atoms. The van der Waals surface area contributed by atoms with Crippen molar-refractivity contribution in [3.63, 3.8) is 0 Å². The molecule has 1 aliphatic carbocycles. The van der Waals surface area contributed by atoms with Crippen molar-refractivity contribution in [2.45, 2.75) is 51.5 Å². The molecular weight excluding hydrogens is 282 g/mol. The van der Waals surface area contributed by atoms with E-state index < -0.39 is 0 Å². The molecule has 2 aromatic heterocycles. The molecule has 1 fully saturated rings. The van der Waals surface area contributed by atoms with Gasteiger partial charge in [0.15, 0.2) is 0 Å². The van der Waals surface area contributed by atoms with Crippen molar-refractivity contribution in [3.8, 4) is 0 Å². The quantitative estimate of drug-likeness (QED) is 0.847. The monoisotopic (exact) mass is 305 g/mol. The molecule has 21 heavy (non-hydrogen) atoms. The average molecular weight is 305 g/mol. The zero-order valence-corrected chi connectivity index (χ0v) is 13.3. The first-order valence-corrected chi connectivity index (χ1v) is 8.81. The standard InChI is InChI=1S/C16H23N3OS/c1-2-14-18-15(12-8-9-21-16(12)19-14)17-13-7-5-3-4-6-11(13)10-20/h8-9,11,13,20H,2-7,10H2,1H3,(H,17,18,19). The molecule has 2 aromatic rings. The molecule has 1 saturated carbocycles. The fourth-order valence-corrected chi connectivity index (χ4v) is 3.92. The minimum Gasteiger partial charge on any atom is -0.396 e. The first-order valence-electron chi connectivity index (χ1n) is 7.93. The molecule has 5 heteroatoms.